The highest BCUT2D eigenvalue weighted by molar-refractivity contribution is 7.89. The van der Waals surface area contributed by atoms with E-state index in [4.69, 9.17) is 4.84 Å². The summed E-state index contributed by atoms with van der Waals surface area (Å²) >= 11 is 0. The van der Waals surface area contributed by atoms with Gasteiger partial charge in [0.1, 0.15) is 5.69 Å². The summed E-state index contributed by atoms with van der Waals surface area (Å²) in [6.45, 7) is 1.99. The van der Waals surface area contributed by atoms with E-state index >= 15 is 0 Å². The van der Waals surface area contributed by atoms with Gasteiger partial charge in [-0.1, -0.05) is 12.8 Å². The molecule has 0 spiro atoms. The molecule has 0 N–H and O–H groups in total. The normalized spacial score (nSPS) is 20.2. The van der Waals surface area contributed by atoms with Crippen LogP contribution in [0.25, 0.3) is 0 Å². The Hall–Kier alpha value is -1.71. The molecule has 0 bridgehead atoms. The first-order chi connectivity index (χ1) is 12.0. The van der Waals surface area contributed by atoms with Crippen molar-refractivity contribution in [3.8, 4) is 0 Å². The SMILES string of the molecule is O=[N+]([O-])c1cc(S(=O)(=O)N2CCCCCC2)ccc1N1CCCCO1. The van der Waals surface area contributed by atoms with Gasteiger partial charge in [-0.05, 0) is 37.8 Å². The predicted molar refractivity (Wildman–Crippen MR) is 92.9 cm³/mol. The molecule has 25 heavy (non-hydrogen) atoms. The second kappa shape index (κ2) is 7.67. The summed E-state index contributed by atoms with van der Waals surface area (Å²) in [6, 6.07) is 4.09. The number of sulfonamides is 1. The first-order valence-corrected chi connectivity index (χ1v) is 10.1. The highest BCUT2D eigenvalue weighted by Gasteiger charge is 2.29. The lowest BCUT2D eigenvalue weighted by Gasteiger charge is -2.27. The molecular formula is C16H23N3O5S. The Labute approximate surface area is 147 Å². The molecule has 0 aromatic heterocycles. The predicted octanol–water partition coefficient (Wildman–Crippen LogP) is 2.69. The van der Waals surface area contributed by atoms with Crippen LogP contribution in [0.15, 0.2) is 23.1 Å². The Morgan fingerprint density at radius 3 is 2.28 bits per heavy atom. The van der Waals surface area contributed by atoms with E-state index in [-0.39, 0.29) is 10.6 Å². The van der Waals surface area contributed by atoms with Gasteiger partial charge in [0.2, 0.25) is 10.0 Å². The van der Waals surface area contributed by atoms with E-state index < -0.39 is 14.9 Å². The number of nitro groups is 1. The van der Waals surface area contributed by atoms with Gasteiger partial charge >= 0.3 is 0 Å². The van der Waals surface area contributed by atoms with Gasteiger partial charge in [-0.15, -0.1) is 0 Å². The molecule has 2 saturated heterocycles. The number of hydrogen-bond acceptors (Lipinski definition) is 6. The average molecular weight is 369 g/mol. The van der Waals surface area contributed by atoms with Crippen LogP contribution >= 0.6 is 0 Å². The van der Waals surface area contributed by atoms with E-state index in [0.717, 1.165) is 44.6 Å². The molecule has 3 rings (SSSR count). The molecule has 2 heterocycles. The average Bonchev–Trinajstić information content (AvgIpc) is 2.92. The maximum atomic E-state index is 12.9. The Kier molecular flexibility index (Phi) is 5.55. The molecule has 0 saturated carbocycles. The highest BCUT2D eigenvalue weighted by Crippen LogP contribution is 2.33. The molecule has 2 fully saturated rings. The minimum absolute atomic E-state index is 0.0261. The molecule has 0 aliphatic carbocycles. The van der Waals surface area contributed by atoms with Crippen LogP contribution in [0.4, 0.5) is 11.4 Å². The number of nitro benzene ring substituents is 1. The molecular weight excluding hydrogens is 346 g/mol. The fourth-order valence-corrected chi connectivity index (χ4v) is 4.78. The van der Waals surface area contributed by atoms with Gasteiger partial charge in [0, 0.05) is 25.7 Å². The van der Waals surface area contributed by atoms with Crippen LogP contribution < -0.4 is 5.06 Å². The van der Waals surface area contributed by atoms with E-state index in [1.54, 1.807) is 0 Å². The summed E-state index contributed by atoms with van der Waals surface area (Å²) in [5.74, 6) is 0. The van der Waals surface area contributed by atoms with Crippen molar-refractivity contribution < 1.29 is 18.2 Å². The van der Waals surface area contributed by atoms with Crippen molar-refractivity contribution >= 4 is 21.4 Å². The van der Waals surface area contributed by atoms with E-state index in [2.05, 4.69) is 0 Å². The molecule has 0 radical (unpaired) electrons. The minimum Gasteiger partial charge on any atom is -0.273 e. The molecule has 0 atom stereocenters. The largest absolute Gasteiger partial charge is 0.296 e. The second-order valence-corrected chi connectivity index (χ2v) is 8.31. The van der Waals surface area contributed by atoms with Crippen molar-refractivity contribution in [1.29, 1.82) is 0 Å². The van der Waals surface area contributed by atoms with Gasteiger partial charge in [0.15, 0.2) is 0 Å². The van der Waals surface area contributed by atoms with Gasteiger partial charge in [-0.25, -0.2) is 13.5 Å². The Bertz CT molecular complexity index is 723. The fourth-order valence-electron chi connectivity index (χ4n) is 3.24. The minimum atomic E-state index is -3.72. The monoisotopic (exact) mass is 369 g/mol. The highest BCUT2D eigenvalue weighted by atomic mass is 32.2. The number of nitrogens with zero attached hydrogens (tertiary/aromatic N) is 3. The van der Waals surface area contributed by atoms with E-state index in [1.807, 2.05) is 0 Å². The van der Waals surface area contributed by atoms with Crippen molar-refractivity contribution in [2.24, 2.45) is 0 Å². The number of hydrogen-bond donors (Lipinski definition) is 0. The lowest BCUT2D eigenvalue weighted by atomic mass is 10.2. The van der Waals surface area contributed by atoms with Crippen LogP contribution in [0.5, 0.6) is 0 Å². The second-order valence-electron chi connectivity index (χ2n) is 6.37. The Morgan fingerprint density at radius 2 is 1.68 bits per heavy atom. The number of rotatable bonds is 4. The van der Waals surface area contributed by atoms with Crippen LogP contribution in [0.3, 0.4) is 0 Å². The van der Waals surface area contributed by atoms with Crippen LogP contribution in [-0.4, -0.2) is 43.9 Å². The molecule has 0 unspecified atom stereocenters. The maximum Gasteiger partial charge on any atom is 0.296 e. The lowest BCUT2D eigenvalue weighted by Crippen LogP contribution is -2.32. The first kappa shape index (κ1) is 18.1. The zero-order valence-electron chi connectivity index (χ0n) is 14.1. The zero-order chi connectivity index (χ0) is 17.9. The van der Waals surface area contributed by atoms with Gasteiger partial charge in [-0.3, -0.25) is 15.0 Å². The van der Waals surface area contributed by atoms with Crippen molar-refractivity contribution in [2.75, 3.05) is 31.3 Å². The summed E-state index contributed by atoms with van der Waals surface area (Å²) in [4.78, 5) is 16.4. The van der Waals surface area contributed by atoms with E-state index in [1.165, 1.54) is 21.5 Å². The third kappa shape index (κ3) is 3.94. The van der Waals surface area contributed by atoms with Crippen molar-refractivity contribution in [3.63, 3.8) is 0 Å². The third-order valence-corrected chi connectivity index (χ3v) is 6.51. The van der Waals surface area contributed by atoms with Crippen molar-refractivity contribution in [3.05, 3.63) is 28.3 Å². The molecule has 1 aromatic carbocycles. The van der Waals surface area contributed by atoms with Gasteiger partial charge in [-0.2, -0.15) is 4.31 Å². The van der Waals surface area contributed by atoms with Crippen LogP contribution in [-0.2, 0) is 14.9 Å². The van der Waals surface area contributed by atoms with E-state index in [9.17, 15) is 18.5 Å². The number of anilines is 1. The standard InChI is InChI=1S/C16H23N3O5S/c20-19(21)16-13-14(7-8-15(16)18-11-5-6-12-24-18)25(22,23)17-9-3-1-2-4-10-17/h7-8,13H,1-6,9-12H2. The van der Waals surface area contributed by atoms with Gasteiger partial charge in [0.25, 0.3) is 5.69 Å². The van der Waals surface area contributed by atoms with Crippen LogP contribution in [0, 0.1) is 10.1 Å². The Balaban J connectivity index is 1.94. The maximum absolute atomic E-state index is 12.9. The summed E-state index contributed by atoms with van der Waals surface area (Å²) in [5, 5.41) is 13.0. The topological polar surface area (TPSA) is 93.0 Å². The van der Waals surface area contributed by atoms with Gasteiger partial charge < -0.3 is 0 Å². The lowest BCUT2D eigenvalue weighted by molar-refractivity contribution is -0.384. The molecule has 138 valence electrons. The molecule has 2 aliphatic heterocycles. The number of benzene rings is 1. The van der Waals surface area contributed by atoms with Crippen molar-refractivity contribution in [1.82, 2.24) is 4.31 Å². The number of hydroxylamine groups is 1. The molecule has 0 amide bonds. The first-order valence-electron chi connectivity index (χ1n) is 8.69. The third-order valence-electron chi connectivity index (χ3n) is 4.62. The summed E-state index contributed by atoms with van der Waals surface area (Å²) in [6.07, 6.45) is 5.45. The van der Waals surface area contributed by atoms with Gasteiger partial charge in [0.05, 0.1) is 16.4 Å². The molecule has 1 aromatic rings. The fraction of sp³-hybridized carbons (Fsp3) is 0.625. The van der Waals surface area contributed by atoms with E-state index in [0.29, 0.717) is 31.9 Å². The summed E-state index contributed by atoms with van der Waals surface area (Å²) < 4.78 is 27.2. The summed E-state index contributed by atoms with van der Waals surface area (Å²) in [7, 11) is -3.72. The quantitative estimate of drug-likeness (QED) is 0.598. The van der Waals surface area contributed by atoms with Crippen LogP contribution in [0.2, 0.25) is 0 Å². The summed E-state index contributed by atoms with van der Waals surface area (Å²) in [5.41, 5.74) is 0.0670. The van der Waals surface area contributed by atoms with Crippen LogP contribution in [0.1, 0.15) is 38.5 Å². The smallest absolute Gasteiger partial charge is 0.273 e. The Morgan fingerprint density at radius 1 is 1.00 bits per heavy atom. The molecule has 9 heteroatoms. The zero-order valence-corrected chi connectivity index (χ0v) is 14.9. The molecule has 8 nitrogen and oxygen atoms in total. The molecule has 2 aliphatic rings. The van der Waals surface area contributed by atoms with Crippen molar-refractivity contribution in [2.45, 2.75) is 43.4 Å².